The van der Waals surface area contributed by atoms with E-state index >= 15 is 0 Å². The number of furan rings is 1. The van der Waals surface area contributed by atoms with E-state index in [2.05, 4.69) is 4.98 Å². The molecule has 2 aromatic rings. The van der Waals surface area contributed by atoms with Gasteiger partial charge in [0.05, 0.1) is 12.6 Å². The number of nitrogens with zero attached hydrogens (tertiary/aromatic N) is 3. The molecule has 5 heteroatoms. The maximum absolute atomic E-state index is 11.4. The van der Waals surface area contributed by atoms with Crippen molar-refractivity contribution < 1.29 is 9.16 Å². The lowest BCUT2D eigenvalue weighted by Gasteiger charge is -2.05. The van der Waals surface area contributed by atoms with Gasteiger partial charge in [-0.3, -0.25) is 0 Å². The predicted octanol–water partition coefficient (Wildman–Crippen LogP) is 1.11. The maximum Gasteiger partial charge on any atom is 0.249 e. The Morgan fingerprint density at radius 3 is 3.07 bits per heavy atom. The van der Waals surface area contributed by atoms with Crippen LogP contribution in [-0.2, 0) is 6.54 Å². The van der Waals surface area contributed by atoms with Gasteiger partial charge in [-0.2, -0.15) is 0 Å². The number of aromatic nitrogens is 2. The van der Waals surface area contributed by atoms with Crippen molar-refractivity contribution in [3.05, 3.63) is 48.1 Å². The molecule has 0 bridgehead atoms. The zero-order chi connectivity index (χ0) is 10.7. The Kier molecular flexibility index (Phi) is 2.53. The minimum absolute atomic E-state index is 0.452. The highest BCUT2D eigenvalue weighted by atomic mass is 16.5. The quantitative estimate of drug-likeness (QED) is 0.326. The number of hydrogen-bond donors (Lipinski definition) is 0. The summed E-state index contributed by atoms with van der Waals surface area (Å²) in [6.07, 6.45) is 6.68. The highest BCUT2D eigenvalue weighted by Gasteiger charge is 2.14. The largest absolute Gasteiger partial charge is 0.624 e. The lowest BCUT2D eigenvalue weighted by molar-refractivity contribution is -0.424. The molecule has 0 saturated heterocycles. The topological polar surface area (TPSA) is 57.0 Å². The lowest BCUT2D eigenvalue weighted by atomic mass is 10.3. The second-order valence-electron chi connectivity index (χ2n) is 3.16. The van der Waals surface area contributed by atoms with Crippen LogP contribution in [0, 0.1) is 5.21 Å². The van der Waals surface area contributed by atoms with Crippen molar-refractivity contribution in [1.82, 2.24) is 9.55 Å². The van der Waals surface area contributed by atoms with Crippen LogP contribution in [0.3, 0.4) is 0 Å². The van der Waals surface area contributed by atoms with Crippen molar-refractivity contribution in [3.8, 4) is 0 Å². The van der Waals surface area contributed by atoms with E-state index in [0.717, 1.165) is 4.74 Å². The number of rotatable bonds is 3. The zero-order valence-corrected chi connectivity index (χ0v) is 8.33. The Balaban J connectivity index is 2.27. The third-order valence-electron chi connectivity index (χ3n) is 2.08. The van der Waals surface area contributed by atoms with Crippen molar-refractivity contribution >= 4 is 5.71 Å². The van der Waals surface area contributed by atoms with E-state index in [0.29, 0.717) is 18.0 Å². The third-order valence-corrected chi connectivity index (χ3v) is 2.08. The van der Waals surface area contributed by atoms with Crippen molar-refractivity contribution in [3.63, 3.8) is 0 Å². The van der Waals surface area contributed by atoms with Crippen LogP contribution in [-0.4, -0.2) is 27.0 Å². The second-order valence-corrected chi connectivity index (χ2v) is 3.16. The van der Waals surface area contributed by atoms with Crippen molar-refractivity contribution in [1.29, 1.82) is 0 Å². The average Bonchev–Trinajstić information content (AvgIpc) is 2.87. The van der Waals surface area contributed by atoms with Crippen molar-refractivity contribution in [2.75, 3.05) is 7.05 Å². The Morgan fingerprint density at radius 2 is 2.53 bits per heavy atom. The first-order valence-corrected chi connectivity index (χ1v) is 4.53. The fourth-order valence-corrected chi connectivity index (χ4v) is 1.33. The molecule has 0 N–H and O–H groups in total. The Hall–Kier alpha value is -2.04. The lowest BCUT2D eigenvalue weighted by Crippen LogP contribution is -2.18. The van der Waals surface area contributed by atoms with E-state index in [1.807, 2.05) is 4.57 Å². The normalized spacial score (nSPS) is 12.6. The maximum atomic E-state index is 11.4. The fraction of sp³-hybridized carbons (Fsp3) is 0.200. The van der Waals surface area contributed by atoms with Crippen molar-refractivity contribution in [2.24, 2.45) is 0 Å². The molecule has 5 nitrogen and oxygen atoms in total. The highest BCUT2D eigenvalue weighted by molar-refractivity contribution is 5.94. The van der Waals surface area contributed by atoms with Crippen molar-refractivity contribution in [2.45, 2.75) is 6.54 Å². The first-order chi connectivity index (χ1) is 7.27. The first-order valence-electron chi connectivity index (χ1n) is 4.53. The van der Waals surface area contributed by atoms with Gasteiger partial charge in [0.1, 0.15) is 13.6 Å². The summed E-state index contributed by atoms with van der Waals surface area (Å²) in [6, 6.07) is 3.52. The van der Waals surface area contributed by atoms with Gasteiger partial charge in [-0.1, -0.05) is 0 Å². The molecule has 0 aliphatic heterocycles. The molecule has 2 aromatic heterocycles. The average molecular weight is 205 g/mol. The molecule has 0 aromatic carbocycles. The third kappa shape index (κ3) is 2.07. The van der Waals surface area contributed by atoms with Gasteiger partial charge in [-0.25, -0.2) is 9.72 Å². The van der Waals surface area contributed by atoms with Crippen LogP contribution in [0.25, 0.3) is 0 Å². The summed E-state index contributed by atoms with van der Waals surface area (Å²) in [7, 11) is 1.45. The number of hydrogen-bond acceptors (Lipinski definition) is 3. The van der Waals surface area contributed by atoms with E-state index in [4.69, 9.17) is 4.42 Å². The number of hydroxylamine groups is 1. The molecule has 2 heterocycles. The molecule has 0 amide bonds. The molecule has 0 saturated carbocycles. The second kappa shape index (κ2) is 4.00. The summed E-state index contributed by atoms with van der Waals surface area (Å²) in [5, 5.41) is 11.4. The van der Waals surface area contributed by atoms with Gasteiger partial charge in [0.2, 0.25) is 5.71 Å². The molecule has 0 aliphatic carbocycles. The molecule has 0 aliphatic rings. The van der Waals surface area contributed by atoms with E-state index in [-0.39, 0.29) is 0 Å². The van der Waals surface area contributed by atoms with Gasteiger partial charge >= 0.3 is 0 Å². The van der Waals surface area contributed by atoms with E-state index in [1.54, 1.807) is 37.1 Å². The van der Waals surface area contributed by atoms with Crippen LogP contribution < -0.4 is 0 Å². The summed E-state index contributed by atoms with van der Waals surface area (Å²) < 4.78 is 7.81. The van der Waals surface area contributed by atoms with Crippen LogP contribution in [0.4, 0.5) is 0 Å². The monoisotopic (exact) mass is 205 g/mol. The Labute approximate surface area is 86.9 Å². The van der Waals surface area contributed by atoms with Gasteiger partial charge in [0.25, 0.3) is 0 Å². The summed E-state index contributed by atoms with van der Waals surface area (Å²) in [6.45, 7) is 0.452. The predicted molar refractivity (Wildman–Crippen MR) is 54.6 cm³/mol. The molecular formula is C10H11N3O2. The summed E-state index contributed by atoms with van der Waals surface area (Å²) in [5.41, 5.74) is 0.568. The fourth-order valence-electron chi connectivity index (χ4n) is 1.33. The molecule has 2 rings (SSSR count). The van der Waals surface area contributed by atoms with Crippen LogP contribution in [0.2, 0.25) is 0 Å². The Morgan fingerprint density at radius 1 is 1.67 bits per heavy atom. The summed E-state index contributed by atoms with van der Waals surface area (Å²) in [5.74, 6) is 0.584. The van der Waals surface area contributed by atoms with Gasteiger partial charge in [0.15, 0.2) is 5.76 Å². The SMILES string of the molecule is C[N+]([O-])=C(Cn1ccnc1)c1ccco1. The first kappa shape index (κ1) is 9.51. The standard InChI is InChI=1S/C10H11N3O2/c1-12(14)9(10-3-2-6-15-10)7-13-5-4-11-8-13/h2-6,8H,7H2,1H3. The molecular weight excluding hydrogens is 194 g/mol. The van der Waals surface area contributed by atoms with Crippen LogP contribution in [0.1, 0.15) is 5.76 Å². The summed E-state index contributed by atoms with van der Waals surface area (Å²) >= 11 is 0. The molecule has 0 unspecified atom stereocenters. The molecule has 0 radical (unpaired) electrons. The molecule has 78 valence electrons. The molecule has 0 atom stereocenters. The molecule has 0 spiro atoms. The van der Waals surface area contributed by atoms with Gasteiger partial charge in [-0.05, 0) is 12.1 Å². The zero-order valence-electron chi connectivity index (χ0n) is 8.33. The minimum Gasteiger partial charge on any atom is -0.624 e. The van der Waals surface area contributed by atoms with Gasteiger partial charge in [-0.15, -0.1) is 0 Å². The van der Waals surface area contributed by atoms with E-state index < -0.39 is 0 Å². The molecule has 15 heavy (non-hydrogen) atoms. The number of imidazole rings is 1. The smallest absolute Gasteiger partial charge is 0.249 e. The van der Waals surface area contributed by atoms with E-state index in [1.165, 1.54) is 7.05 Å². The van der Waals surface area contributed by atoms with Crippen LogP contribution in [0.5, 0.6) is 0 Å². The van der Waals surface area contributed by atoms with Gasteiger partial charge in [0, 0.05) is 12.4 Å². The Bertz CT molecular complexity index is 439. The minimum atomic E-state index is 0.452. The highest BCUT2D eigenvalue weighted by Crippen LogP contribution is 2.04. The molecule has 0 fully saturated rings. The van der Waals surface area contributed by atoms with Crippen LogP contribution in [0.15, 0.2) is 41.5 Å². The van der Waals surface area contributed by atoms with E-state index in [9.17, 15) is 5.21 Å². The van der Waals surface area contributed by atoms with Crippen LogP contribution >= 0.6 is 0 Å². The summed E-state index contributed by atoms with van der Waals surface area (Å²) in [4.78, 5) is 3.91. The van der Waals surface area contributed by atoms with Gasteiger partial charge < -0.3 is 14.2 Å².